The molecule has 0 aliphatic carbocycles. The zero-order chi connectivity index (χ0) is 12.3. The van der Waals surface area contributed by atoms with Gasteiger partial charge in [-0.25, -0.2) is 0 Å². The standard InChI is InChI=1S/C10H8F3NO2/c11-10(12,13)8-3-6(1-2-9(8)14)7(4-15)5-16/h1-5,7H,14H2. The van der Waals surface area contributed by atoms with Crippen LogP contribution in [0.3, 0.4) is 0 Å². The fourth-order valence-electron chi connectivity index (χ4n) is 1.22. The summed E-state index contributed by atoms with van der Waals surface area (Å²) in [6.45, 7) is 0. The predicted molar refractivity (Wildman–Crippen MR) is 50.7 cm³/mol. The Kier molecular flexibility index (Phi) is 3.31. The van der Waals surface area contributed by atoms with E-state index >= 15 is 0 Å². The molecule has 6 heteroatoms. The highest BCUT2D eigenvalue weighted by atomic mass is 19.4. The molecule has 0 bridgehead atoms. The van der Waals surface area contributed by atoms with Gasteiger partial charge in [0.15, 0.2) is 0 Å². The summed E-state index contributed by atoms with van der Waals surface area (Å²) in [6, 6.07) is 2.96. The number of benzene rings is 1. The monoisotopic (exact) mass is 231 g/mol. The average Bonchev–Trinajstić information content (AvgIpc) is 2.20. The second-order valence-corrected chi connectivity index (χ2v) is 3.14. The van der Waals surface area contributed by atoms with Crippen molar-refractivity contribution in [2.24, 2.45) is 0 Å². The van der Waals surface area contributed by atoms with E-state index in [4.69, 9.17) is 5.73 Å². The van der Waals surface area contributed by atoms with Crippen LogP contribution in [0.5, 0.6) is 0 Å². The van der Waals surface area contributed by atoms with Gasteiger partial charge in [-0.3, -0.25) is 0 Å². The van der Waals surface area contributed by atoms with Crippen LogP contribution in [-0.4, -0.2) is 12.6 Å². The molecule has 0 amide bonds. The van der Waals surface area contributed by atoms with Crippen molar-refractivity contribution >= 4 is 18.3 Å². The number of carbonyl (C=O) groups excluding carboxylic acids is 2. The molecule has 1 aromatic carbocycles. The lowest BCUT2D eigenvalue weighted by atomic mass is 9.99. The smallest absolute Gasteiger partial charge is 0.398 e. The molecule has 0 radical (unpaired) electrons. The van der Waals surface area contributed by atoms with Crippen LogP contribution in [-0.2, 0) is 15.8 Å². The molecule has 0 atom stereocenters. The number of hydrogen-bond acceptors (Lipinski definition) is 3. The summed E-state index contributed by atoms with van der Waals surface area (Å²) in [6.07, 6.45) is -4.05. The summed E-state index contributed by atoms with van der Waals surface area (Å²) in [4.78, 5) is 20.9. The first-order valence-corrected chi connectivity index (χ1v) is 4.27. The minimum Gasteiger partial charge on any atom is -0.398 e. The molecular weight excluding hydrogens is 223 g/mol. The molecule has 16 heavy (non-hydrogen) atoms. The Bertz CT molecular complexity index is 407. The summed E-state index contributed by atoms with van der Waals surface area (Å²) in [5.41, 5.74) is 3.66. The number of anilines is 1. The van der Waals surface area contributed by atoms with Gasteiger partial charge >= 0.3 is 6.18 Å². The average molecular weight is 231 g/mol. The predicted octanol–water partition coefficient (Wildman–Crippen LogP) is 1.77. The van der Waals surface area contributed by atoms with Crippen molar-refractivity contribution in [2.75, 3.05) is 5.73 Å². The van der Waals surface area contributed by atoms with Crippen LogP contribution in [0.4, 0.5) is 18.9 Å². The van der Waals surface area contributed by atoms with E-state index in [0.717, 1.165) is 6.07 Å². The Hall–Kier alpha value is -1.85. The number of aldehydes is 2. The molecule has 0 unspecified atom stereocenters. The third kappa shape index (κ3) is 2.39. The van der Waals surface area contributed by atoms with Gasteiger partial charge in [-0.05, 0) is 17.7 Å². The first kappa shape index (κ1) is 12.2. The molecular formula is C10H8F3NO2. The first-order chi connectivity index (χ1) is 7.40. The molecule has 86 valence electrons. The Morgan fingerprint density at radius 3 is 2.19 bits per heavy atom. The number of halogens is 3. The number of carbonyl (C=O) groups is 2. The van der Waals surface area contributed by atoms with Crippen LogP contribution in [0, 0.1) is 0 Å². The van der Waals surface area contributed by atoms with Gasteiger partial charge in [0.1, 0.15) is 12.6 Å². The lowest BCUT2D eigenvalue weighted by Gasteiger charge is -2.12. The van der Waals surface area contributed by atoms with Gasteiger partial charge in [0.25, 0.3) is 0 Å². The molecule has 0 aliphatic heterocycles. The van der Waals surface area contributed by atoms with Gasteiger partial charge in [-0.15, -0.1) is 0 Å². The second-order valence-electron chi connectivity index (χ2n) is 3.14. The minimum atomic E-state index is -4.60. The summed E-state index contributed by atoms with van der Waals surface area (Å²) < 4.78 is 37.3. The molecule has 0 saturated heterocycles. The molecule has 3 nitrogen and oxygen atoms in total. The van der Waals surface area contributed by atoms with Gasteiger partial charge < -0.3 is 15.3 Å². The van der Waals surface area contributed by atoms with Crippen LogP contribution in [0.15, 0.2) is 18.2 Å². The van der Waals surface area contributed by atoms with Crippen molar-refractivity contribution in [3.05, 3.63) is 29.3 Å². The normalized spacial score (nSPS) is 11.5. The van der Waals surface area contributed by atoms with Crippen LogP contribution in [0.25, 0.3) is 0 Å². The Labute approximate surface area is 89.1 Å². The van der Waals surface area contributed by atoms with E-state index in [1.807, 2.05) is 0 Å². The van der Waals surface area contributed by atoms with E-state index in [1.165, 1.54) is 6.07 Å². The number of rotatable bonds is 3. The van der Waals surface area contributed by atoms with E-state index in [0.29, 0.717) is 6.07 Å². The number of nitrogens with two attached hydrogens (primary N) is 1. The van der Waals surface area contributed by atoms with E-state index in [-0.39, 0.29) is 18.1 Å². The largest absolute Gasteiger partial charge is 0.418 e. The highest BCUT2D eigenvalue weighted by Gasteiger charge is 2.33. The fourth-order valence-corrected chi connectivity index (χ4v) is 1.22. The third-order valence-electron chi connectivity index (χ3n) is 2.06. The molecule has 0 spiro atoms. The third-order valence-corrected chi connectivity index (χ3v) is 2.06. The van der Waals surface area contributed by atoms with Gasteiger partial charge in [0, 0.05) is 5.69 Å². The SMILES string of the molecule is Nc1ccc(C(C=O)C=O)cc1C(F)(F)F. The second kappa shape index (κ2) is 4.34. The van der Waals surface area contributed by atoms with Crippen molar-refractivity contribution in [1.82, 2.24) is 0 Å². The number of nitrogen functional groups attached to an aromatic ring is 1. The highest BCUT2D eigenvalue weighted by Crippen LogP contribution is 2.34. The van der Waals surface area contributed by atoms with E-state index < -0.39 is 23.3 Å². The topological polar surface area (TPSA) is 60.2 Å². The zero-order valence-corrected chi connectivity index (χ0v) is 7.99. The van der Waals surface area contributed by atoms with E-state index in [2.05, 4.69) is 0 Å². The lowest BCUT2D eigenvalue weighted by Crippen LogP contribution is -2.11. The minimum absolute atomic E-state index is 0.0217. The van der Waals surface area contributed by atoms with Crippen LogP contribution < -0.4 is 5.73 Å². The summed E-state index contributed by atoms with van der Waals surface area (Å²) in [5.74, 6) is -1.19. The maximum atomic E-state index is 12.4. The summed E-state index contributed by atoms with van der Waals surface area (Å²) in [7, 11) is 0. The van der Waals surface area contributed by atoms with Gasteiger partial charge in [-0.1, -0.05) is 6.07 Å². The first-order valence-electron chi connectivity index (χ1n) is 4.27. The van der Waals surface area contributed by atoms with E-state index in [9.17, 15) is 22.8 Å². The van der Waals surface area contributed by atoms with Crippen LogP contribution in [0.2, 0.25) is 0 Å². The molecule has 1 rings (SSSR count). The molecule has 0 fully saturated rings. The van der Waals surface area contributed by atoms with Crippen LogP contribution >= 0.6 is 0 Å². The zero-order valence-electron chi connectivity index (χ0n) is 7.99. The molecule has 0 heterocycles. The van der Waals surface area contributed by atoms with Gasteiger partial charge in [0.2, 0.25) is 0 Å². The Morgan fingerprint density at radius 1 is 1.19 bits per heavy atom. The van der Waals surface area contributed by atoms with Gasteiger partial charge in [-0.2, -0.15) is 13.2 Å². The maximum Gasteiger partial charge on any atom is 0.418 e. The van der Waals surface area contributed by atoms with Crippen molar-refractivity contribution < 1.29 is 22.8 Å². The molecule has 0 saturated carbocycles. The highest BCUT2D eigenvalue weighted by molar-refractivity contribution is 5.85. The van der Waals surface area contributed by atoms with Crippen molar-refractivity contribution in [2.45, 2.75) is 12.1 Å². The Balaban J connectivity index is 3.27. The molecule has 2 N–H and O–H groups in total. The number of hydrogen-bond donors (Lipinski definition) is 1. The number of alkyl halides is 3. The maximum absolute atomic E-state index is 12.4. The Morgan fingerprint density at radius 2 is 1.75 bits per heavy atom. The van der Waals surface area contributed by atoms with Crippen LogP contribution in [0.1, 0.15) is 17.0 Å². The quantitative estimate of drug-likeness (QED) is 0.490. The van der Waals surface area contributed by atoms with E-state index in [1.54, 1.807) is 0 Å². The summed E-state index contributed by atoms with van der Waals surface area (Å²) in [5, 5.41) is 0. The van der Waals surface area contributed by atoms with Crippen molar-refractivity contribution in [3.63, 3.8) is 0 Å². The lowest BCUT2D eigenvalue weighted by molar-refractivity contribution is -0.137. The fraction of sp³-hybridized carbons (Fsp3) is 0.200. The van der Waals surface area contributed by atoms with Gasteiger partial charge in [0.05, 0.1) is 11.5 Å². The van der Waals surface area contributed by atoms with Crippen molar-refractivity contribution in [1.29, 1.82) is 0 Å². The van der Waals surface area contributed by atoms with Crippen molar-refractivity contribution in [3.8, 4) is 0 Å². The molecule has 1 aromatic rings. The molecule has 0 aromatic heterocycles. The molecule has 0 aliphatic rings. The summed E-state index contributed by atoms with van der Waals surface area (Å²) >= 11 is 0.